The smallest absolute Gasteiger partial charge is 0.121 e. The van der Waals surface area contributed by atoms with Crippen LogP contribution in [0.15, 0.2) is 0 Å². The third-order valence-corrected chi connectivity index (χ3v) is 1.44. The zero-order chi connectivity index (χ0) is 5.70. The number of nitrogens with zero attached hydrogens (tertiary/aromatic N) is 1. The molecule has 7 heavy (non-hydrogen) atoms. The number of nitriles is 1. The molecular formula is C4H5ClIN. The Bertz CT molecular complexity index is 78.2. The molecule has 0 aromatic carbocycles. The highest BCUT2D eigenvalue weighted by Gasteiger charge is 1.96. The monoisotopic (exact) mass is 229 g/mol. The average Bonchev–Trinajstić information content (AvgIpc) is 1.68. The number of halogens is 2. The highest BCUT2D eigenvalue weighted by Crippen LogP contribution is 2.01. The summed E-state index contributed by atoms with van der Waals surface area (Å²) in [5.41, 5.74) is 0. The molecule has 0 bridgehead atoms. The molecule has 0 heterocycles. The lowest BCUT2D eigenvalue weighted by Crippen LogP contribution is -1.92. The lowest BCUT2D eigenvalue weighted by molar-refractivity contribution is 1.00. The second kappa shape index (κ2) is 4.66. The quantitative estimate of drug-likeness (QED) is 0.524. The molecule has 0 N–H and O–H groups in total. The van der Waals surface area contributed by atoms with Crippen LogP contribution in [0.2, 0.25) is 0 Å². The van der Waals surface area contributed by atoms with Crippen LogP contribution in [0, 0.1) is 11.3 Å². The lowest BCUT2D eigenvalue weighted by atomic mass is 10.4. The van der Waals surface area contributed by atoms with Crippen molar-refractivity contribution < 1.29 is 0 Å². The summed E-state index contributed by atoms with van der Waals surface area (Å²) in [6, 6.07) is 1.93. The molecule has 0 aliphatic rings. The molecule has 0 aliphatic heterocycles. The van der Waals surface area contributed by atoms with Crippen molar-refractivity contribution >= 4 is 34.2 Å². The Hall–Kier alpha value is 0.510. The molecule has 0 aromatic rings. The fraction of sp³-hybridized carbons (Fsp3) is 0.750. The molecule has 0 amide bonds. The van der Waals surface area contributed by atoms with Gasteiger partial charge in [-0.2, -0.15) is 5.26 Å². The first kappa shape index (κ1) is 7.51. The van der Waals surface area contributed by atoms with E-state index in [1.807, 2.05) is 6.07 Å². The molecule has 3 heteroatoms. The number of hydrogen-bond acceptors (Lipinski definition) is 1. The van der Waals surface area contributed by atoms with Crippen LogP contribution >= 0.6 is 34.2 Å². The summed E-state index contributed by atoms with van der Waals surface area (Å²) in [4.78, 5) is 0. The molecule has 0 radical (unpaired) electrons. The van der Waals surface area contributed by atoms with Gasteiger partial charge in [0.25, 0.3) is 0 Å². The third-order valence-electron chi connectivity index (χ3n) is 0.503. The van der Waals surface area contributed by atoms with E-state index in [1.54, 1.807) is 0 Å². The van der Waals surface area contributed by atoms with Crippen LogP contribution in [0.5, 0.6) is 0 Å². The largest absolute Gasteiger partial charge is 0.197 e. The summed E-state index contributed by atoms with van der Waals surface area (Å²) in [6.07, 6.45) is 0.790. The van der Waals surface area contributed by atoms with Gasteiger partial charge in [0.05, 0.1) is 6.07 Å². The maximum atomic E-state index is 8.08. The van der Waals surface area contributed by atoms with Gasteiger partial charge in [-0.05, 0) is 6.42 Å². The third kappa shape index (κ3) is 4.36. The summed E-state index contributed by atoms with van der Waals surface area (Å²) in [7, 11) is 0. The van der Waals surface area contributed by atoms with Crippen molar-refractivity contribution in [2.24, 2.45) is 0 Å². The van der Waals surface area contributed by atoms with Crippen molar-refractivity contribution in [1.29, 1.82) is 5.26 Å². The van der Waals surface area contributed by atoms with Crippen molar-refractivity contribution in [3.63, 3.8) is 0 Å². The number of alkyl halides is 2. The summed E-state index contributed by atoms with van der Waals surface area (Å²) < 4.78 is 0.958. The fourth-order valence-corrected chi connectivity index (χ4v) is 1.26. The van der Waals surface area contributed by atoms with E-state index in [9.17, 15) is 0 Å². The van der Waals surface area contributed by atoms with Gasteiger partial charge < -0.3 is 0 Å². The Morgan fingerprint density at radius 3 is 2.57 bits per heavy atom. The van der Waals surface area contributed by atoms with E-state index in [-0.39, 0.29) is 5.38 Å². The zero-order valence-corrected chi connectivity index (χ0v) is 6.61. The second-order valence-corrected chi connectivity index (χ2v) is 2.68. The molecule has 0 rings (SSSR count). The van der Waals surface area contributed by atoms with Gasteiger partial charge in [-0.1, -0.05) is 22.6 Å². The summed E-state index contributed by atoms with van der Waals surface area (Å²) >= 11 is 7.59. The van der Waals surface area contributed by atoms with Crippen LogP contribution in [-0.4, -0.2) is 9.80 Å². The van der Waals surface area contributed by atoms with E-state index in [1.165, 1.54) is 0 Å². The Morgan fingerprint density at radius 1 is 1.86 bits per heavy atom. The molecule has 0 aliphatic carbocycles. The maximum Gasteiger partial charge on any atom is 0.121 e. The molecule has 1 atom stereocenters. The molecule has 0 saturated carbocycles. The fourth-order valence-electron chi connectivity index (χ4n) is 0.160. The molecule has 0 spiro atoms. The standard InChI is InChI=1S/C4H5ClIN/c5-4(3-7)1-2-6/h4H,1-2H2. The highest BCUT2D eigenvalue weighted by atomic mass is 127. The minimum absolute atomic E-state index is 0.281. The van der Waals surface area contributed by atoms with E-state index in [0.29, 0.717) is 0 Å². The minimum Gasteiger partial charge on any atom is -0.197 e. The first-order valence-corrected chi connectivity index (χ1v) is 3.87. The van der Waals surface area contributed by atoms with E-state index in [2.05, 4.69) is 22.6 Å². The lowest BCUT2D eigenvalue weighted by Gasteiger charge is -1.89. The van der Waals surface area contributed by atoms with Gasteiger partial charge >= 0.3 is 0 Å². The normalized spacial score (nSPS) is 12.7. The van der Waals surface area contributed by atoms with Gasteiger partial charge in [0.15, 0.2) is 0 Å². The summed E-state index contributed by atoms with van der Waals surface area (Å²) in [6.45, 7) is 0. The van der Waals surface area contributed by atoms with Crippen LogP contribution in [0.4, 0.5) is 0 Å². The van der Waals surface area contributed by atoms with Crippen molar-refractivity contribution in [3.05, 3.63) is 0 Å². The van der Waals surface area contributed by atoms with E-state index >= 15 is 0 Å². The molecule has 0 saturated heterocycles. The summed E-state index contributed by atoms with van der Waals surface area (Å²) in [5.74, 6) is 0. The number of hydrogen-bond donors (Lipinski definition) is 0. The van der Waals surface area contributed by atoms with Crippen molar-refractivity contribution in [1.82, 2.24) is 0 Å². The Kier molecular flexibility index (Phi) is 5.00. The van der Waals surface area contributed by atoms with Gasteiger partial charge in [-0.25, -0.2) is 0 Å². The van der Waals surface area contributed by atoms with Crippen LogP contribution in [-0.2, 0) is 0 Å². The van der Waals surface area contributed by atoms with Crippen molar-refractivity contribution in [3.8, 4) is 6.07 Å². The zero-order valence-electron chi connectivity index (χ0n) is 3.69. The van der Waals surface area contributed by atoms with E-state index < -0.39 is 0 Å². The Morgan fingerprint density at radius 2 is 2.43 bits per heavy atom. The molecular weight excluding hydrogens is 224 g/mol. The predicted molar refractivity (Wildman–Crippen MR) is 38.8 cm³/mol. The van der Waals surface area contributed by atoms with Crippen LogP contribution < -0.4 is 0 Å². The first-order valence-electron chi connectivity index (χ1n) is 1.91. The highest BCUT2D eigenvalue weighted by molar-refractivity contribution is 14.1. The van der Waals surface area contributed by atoms with Gasteiger partial charge in [0.2, 0.25) is 0 Å². The van der Waals surface area contributed by atoms with Gasteiger partial charge in [0, 0.05) is 4.43 Å². The van der Waals surface area contributed by atoms with Crippen LogP contribution in [0.1, 0.15) is 6.42 Å². The van der Waals surface area contributed by atoms with E-state index in [4.69, 9.17) is 16.9 Å². The maximum absolute atomic E-state index is 8.08. The SMILES string of the molecule is N#CC(Cl)CCI. The molecule has 0 aromatic heterocycles. The molecule has 0 fully saturated rings. The van der Waals surface area contributed by atoms with Gasteiger partial charge in [-0.15, -0.1) is 11.6 Å². The summed E-state index contributed by atoms with van der Waals surface area (Å²) in [5, 5.41) is 7.80. The number of rotatable bonds is 2. The molecule has 40 valence electrons. The van der Waals surface area contributed by atoms with Gasteiger partial charge in [-0.3, -0.25) is 0 Å². The predicted octanol–water partition coefficient (Wildman–Crippen LogP) is 1.94. The first-order chi connectivity index (χ1) is 3.31. The minimum atomic E-state index is -0.281. The Balaban J connectivity index is 3.04. The van der Waals surface area contributed by atoms with Gasteiger partial charge in [0.1, 0.15) is 5.38 Å². The van der Waals surface area contributed by atoms with Crippen molar-refractivity contribution in [2.75, 3.05) is 4.43 Å². The van der Waals surface area contributed by atoms with Crippen molar-refractivity contribution in [2.45, 2.75) is 11.8 Å². The van der Waals surface area contributed by atoms with Crippen LogP contribution in [0.25, 0.3) is 0 Å². The second-order valence-electron chi connectivity index (χ2n) is 1.07. The average molecular weight is 229 g/mol. The molecule has 1 nitrogen and oxygen atoms in total. The topological polar surface area (TPSA) is 23.8 Å². The van der Waals surface area contributed by atoms with E-state index in [0.717, 1.165) is 10.8 Å². The van der Waals surface area contributed by atoms with Crippen LogP contribution in [0.3, 0.4) is 0 Å². The Labute approximate surface area is 61.8 Å². The molecule has 1 unspecified atom stereocenters.